The molecule has 3 nitrogen and oxygen atoms in total. The van der Waals surface area contributed by atoms with Crippen LogP contribution in [0, 0.1) is 0 Å². The lowest BCUT2D eigenvalue weighted by Gasteiger charge is -2.43. The van der Waals surface area contributed by atoms with Crippen LogP contribution in [0.5, 0.6) is 0 Å². The van der Waals surface area contributed by atoms with Gasteiger partial charge in [0, 0.05) is 12.8 Å². The quantitative estimate of drug-likeness (QED) is 0.809. The van der Waals surface area contributed by atoms with Crippen molar-refractivity contribution >= 4 is 0 Å². The molecule has 1 aromatic rings. The summed E-state index contributed by atoms with van der Waals surface area (Å²) in [6.45, 7) is 1.24. The highest BCUT2D eigenvalue weighted by Gasteiger charge is 2.58. The van der Waals surface area contributed by atoms with Gasteiger partial charge in [-0.3, -0.25) is 0 Å². The second kappa shape index (κ2) is 4.09. The maximum atomic E-state index is 11.0. The molecule has 0 amide bonds. The summed E-state index contributed by atoms with van der Waals surface area (Å²) in [6, 6.07) is 9.75. The number of hydrogen-bond acceptors (Lipinski definition) is 3. The van der Waals surface area contributed by atoms with Crippen LogP contribution in [0.25, 0.3) is 0 Å². The monoisotopic (exact) mass is 234 g/mol. The van der Waals surface area contributed by atoms with Crippen LogP contribution >= 0.6 is 0 Å². The minimum atomic E-state index is -0.991. The first-order valence-corrected chi connectivity index (χ1v) is 6.33. The van der Waals surface area contributed by atoms with Crippen molar-refractivity contribution in [3.05, 3.63) is 35.9 Å². The summed E-state index contributed by atoms with van der Waals surface area (Å²) < 4.78 is 11.6. The van der Waals surface area contributed by atoms with Crippen molar-refractivity contribution in [3.63, 3.8) is 0 Å². The lowest BCUT2D eigenvalue weighted by Crippen LogP contribution is -2.52. The Labute approximate surface area is 101 Å². The molecule has 1 N–H and O–H groups in total. The van der Waals surface area contributed by atoms with Gasteiger partial charge in [-0.2, -0.15) is 0 Å². The van der Waals surface area contributed by atoms with Crippen LogP contribution in [-0.4, -0.2) is 24.1 Å². The van der Waals surface area contributed by atoms with Crippen LogP contribution in [0.15, 0.2) is 30.3 Å². The van der Waals surface area contributed by atoms with E-state index in [-0.39, 0.29) is 0 Å². The minimum Gasteiger partial charge on any atom is -0.379 e. The van der Waals surface area contributed by atoms with Crippen LogP contribution < -0.4 is 0 Å². The number of rotatable bonds is 1. The SMILES string of the molecule is OC1(c2ccccc2)CCOC12CCCCO2. The Kier molecular flexibility index (Phi) is 2.69. The molecule has 0 saturated carbocycles. The van der Waals surface area contributed by atoms with E-state index in [0.717, 1.165) is 24.8 Å². The van der Waals surface area contributed by atoms with Gasteiger partial charge in [-0.05, 0) is 18.4 Å². The Bertz CT molecular complexity index is 384. The van der Waals surface area contributed by atoms with Gasteiger partial charge in [0.1, 0.15) is 5.60 Å². The minimum absolute atomic E-state index is 0.561. The highest BCUT2D eigenvalue weighted by Crippen LogP contribution is 2.49. The standard InChI is InChI=1S/C14H18O3/c15-13(12-6-2-1-3-7-12)9-11-17-14(13)8-4-5-10-16-14/h1-3,6-7,15H,4-5,8-11H2. The first-order valence-electron chi connectivity index (χ1n) is 6.33. The third-order valence-corrected chi connectivity index (χ3v) is 3.92. The van der Waals surface area contributed by atoms with E-state index in [0.29, 0.717) is 19.6 Å². The van der Waals surface area contributed by atoms with Crippen molar-refractivity contribution in [1.82, 2.24) is 0 Å². The summed E-state index contributed by atoms with van der Waals surface area (Å²) in [6.07, 6.45) is 3.49. The molecule has 1 spiro atoms. The number of aliphatic hydroxyl groups is 1. The molecule has 0 aromatic heterocycles. The topological polar surface area (TPSA) is 38.7 Å². The smallest absolute Gasteiger partial charge is 0.201 e. The van der Waals surface area contributed by atoms with Gasteiger partial charge in [0.25, 0.3) is 0 Å². The van der Waals surface area contributed by atoms with Crippen molar-refractivity contribution in [1.29, 1.82) is 0 Å². The largest absolute Gasteiger partial charge is 0.379 e. The molecule has 2 fully saturated rings. The van der Waals surface area contributed by atoms with Gasteiger partial charge in [0.2, 0.25) is 5.79 Å². The van der Waals surface area contributed by atoms with Crippen LogP contribution in [0.1, 0.15) is 31.2 Å². The fourth-order valence-corrected chi connectivity index (χ4v) is 2.96. The maximum Gasteiger partial charge on any atom is 0.201 e. The zero-order chi connectivity index (χ0) is 11.8. The van der Waals surface area contributed by atoms with Gasteiger partial charge in [-0.15, -0.1) is 0 Å². The molecule has 1 aromatic carbocycles. The Balaban J connectivity index is 2.00. The molecule has 0 aliphatic carbocycles. The number of benzene rings is 1. The summed E-state index contributed by atoms with van der Waals surface area (Å²) in [5, 5.41) is 11.0. The van der Waals surface area contributed by atoms with E-state index in [4.69, 9.17) is 9.47 Å². The molecule has 2 aliphatic rings. The van der Waals surface area contributed by atoms with Crippen molar-refractivity contribution in [2.75, 3.05) is 13.2 Å². The highest BCUT2D eigenvalue weighted by molar-refractivity contribution is 5.26. The molecule has 0 bridgehead atoms. The second-order valence-corrected chi connectivity index (χ2v) is 4.88. The van der Waals surface area contributed by atoms with E-state index >= 15 is 0 Å². The van der Waals surface area contributed by atoms with Crippen LogP contribution in [0.2, 0.25) is 0 Å². The third kappa shape index (κ3) is 1.61. The van der Waals surface area contributed by atoms with E-state index in [2.05, 4.69) is 0 Å². The molecule has 3 heteroatoms. The summed E-state index contributed by atoms with van der Waals surface area (Å²) >= 11 is 0. The Morgan fingerprint density at radius 1 is 0.941 bits per heavy atom. The van der Waals surface area contributed by atoms with Crippen molar-refractivity contribution in [2.45, 2.75) is 37.1 Å². The molecule has 2 atom stereocenters. The first-order chi connectivity index (χ1) is 8.27. The normalized spacial score (nSPS) is 37.5. The molecule has 2 aliphatic heterocycles. The number of ether oxygens (including phenoxy) is 2. The predicted octanol–water partition coefficient (Wildman–Crippen LogP) is 2.19. The van der Waals surface area contributed by atoms with Crippen molar-refractivity contribution in [2.24, 2.45) is 0 Å². The zero-order valence-electron chi connectivity index (χ0n) is 9.89. The molecule has 2 heterocycles. The van der Waals surface area contributed by atoms with Crippen molar-refractivity contribution in [3.8, 4) is 0 Å². The van der Waals surface area contributed by atoms with E-state index < -0.39 is 11.4 Å². The lowest BCUT2D eigenvalue weighted by molar-refractivity contribution is -0.301. The molecule has 0 radical (unpaired) electrons. The van der Waals surface area contributed by atoms with E-state index in [9.17, 15) is 5.11 Å². The van der Waals surface area contributed by atoms with E-state index in [1.165, 1.54) is 0 Å². The predicted molar refractivity (Wildman–Crippen MR) is 63.4 cm³/mol. The number of hydrogen-bond donors (Lipinski definition) is 1. The van der Waals surface area contributed by atoms with Crippen molar-refractivity contribution < 1.29 is 14.6 Å². The van der Waals surface area contributed by atoms with E-state index in [1.54, 1.807) is 0 Å². The average molecular weight is 234 g/mol. The van der Waals surface area contributed by atoms with Gasteiger partial charge in [0.05, 0.1) is 13.2 Å². The summed E-state index contributed by atoms with van der Waals surface area (Å²) in [5.41, 5.74) is -0.0892. The molecule has 92 valence electrons. The molecule has 2 saturated heterocycles. The van der Waals surface area contributed by atoms with Gasteiger partial charge in [0.15, 0.2) is 0 Å². The molecule has 2 unspecified atom stereocenters. The van der Waals surface area contributed by atoms with Gasteiger partial charge in [-0.1, -0.05) is 30.3 Å². The fourth-order valence-electron chi connectivity index (χ4n) is 2.96. The summed E-state index contributed by atoms with van der Waals surface area (Å²) in [4.78, 5) is 0. The maximum absolute atomic E-state index is 11.0. The first kappa shape index (κ1) is 11.2. The Hall–Kier alpha value is -0.900. The molecular weight excluding hydrogens is 216 g/mol. The average Bonchev–Trinajstić information content (AvgIpc) is 2.70. The molecular formula is C14H18O3. The van der Waals surface area contributed by atoms with Crippen LogP contribution in [0.3, 0.4) is 0 Å². The Morgan fingerprint density at radius 2 is 1.71 bits per heavy atom. The fraction of sp³-hybridized carbons (Fsp3) is 0.571. The Morgan fingerprint density at radius 3 is 2.41 bits per heavy atom. The third-order valence-electron chi connectivity index (χ3n) is 3.92. The van der Waals surface area contributed by atoms with Gasteiger partial charge in [-0.25, -0.2) is 0 Å². The second-order valence-electron chi connectivity index (χ2n) is 4.88. The van der Waals surface area contributed by atoms with Crippen LogP contribution in [-0.2, 0) is 15.1 Å². The highest BCUT2D eigenvalue weighted by atomic mass is 16.7. The summed E-state index contributed by atoms with van der Waals surface area (Å²) in [5.74, 6) is -0.813. The molecule has 3 rings (SSSR count). The zero-order valence-corrected chi connectivity index (χ0v) is 9.89. The molecule has 17 heavy (non-hydrogen) atoms. The van der Waals surface area contributed by atoms with Gasteiger partial charge >= 0.3 is 0 Å². The summed E-state index contributed by atoms with van der Waals surface area (Å²) in [7, 11) is 0. The van der Waals surface area contributed by atoms with Crippen LogP contribution in [0.4, 0.5) is 0 Å². The van der Waals surface area contributed by atoms with E-state index in [1.807, 2.05) is 30.3 Å². The van der Waals surface area contributed by atoms with Gasteiger partial charge < -0.3 is 14.6 Å². The lowest BCUT2D eigenvalue weighted by atomic mass is 9.81.